The number of carbonyl (C=O) groups is 3. The number of carboxylic acids is 1. The predicted molar refractivity (Wildman–Crippen MR) is 130 cm³/mol. The lowest BCUT2D eigenvalue weighted by Crippen LogP contribution is -2.51. The van der Waals surface area contributed by atoms with E-state index in [0.29, 0.717) is 41.5 Å². The molecular formula is C26H27N3O7. The fraction of sp³-hybridized carbons (Fsp3) is 0.308. The summed E-state index contributed by atoms with van der Waals surface area (Å²) in [6.07, 6.45) is 6.75. The van der Waals surface area contributed by atoms with Crippen LogP contribution in [0.15, 0.2) is 59.5 Å². The molecule has 2 aromatic carbocycles. The van der Waals surface area contributed by atoms with Crippen molar-refractivity contribution in [2.45, 2.75) is 37.6 Å². The normalized spacial score (nSPS) is 14.1. The van der Waals surface area contributed by atoms with Crippen LogP contribution in [0.3, 0.4) is 0 Å². The predicted octanol–water partition coefficient (Wildman–Crippen LogP) is 3.89. The monoisotopic (exact) mass is 493 g/mol. The van der Waals surface area contributed by atoms with Crippen molar-refractivity contribution in [1.29, 1.82) is 0 Å². The molecule has 10 nitrogen and oxygen atoms in total. The molecule has 188 valence electrons. The van der Waals surface area contributed by atoms with Crippen LogP contribution in [0.25, 0.3) is 11.3 Å². The van der Waals surface area contributed by atoms with E-state index < -0.39 is 23.3 Å². The highest BCUT2D eigenvalue weighted by molar-refractivity contribution is 6.39. The lowest BCUT2D eigenvalue weighted by Gasteiger charge is -2.30. The van der Waals surface area contributed by atoms with Gasteiger partial charge in [0.05, 0.1) is 31.0 Å². The fourth-order valence-electron chi connectivity index (χ4n) is 4.35. The Kier molecular flexibility index (Phi) is 7.53. The number of hydrogen-bond acceptors (Lipinski definition) is 7. The van der Waals surface area contributed by atoms with Crippen LogP contribution in [0.1, 0.15) is 42.5 Å². The average molecular weight is 494 g/mol. The molecule has 0 radical (unpaired) electrons. The molecule has 0 aliphatic heterocycles. The molecule has 0 unspecified atom stereocenters. The first-order chi connectivity index (χ1) is 17.4. The van der Waals surface area contributed by atoms with E-state index in [2.05, 4.69) is 15.6 Å². The lowest BCUT2D eigenvalue weighted by atomic mass is 9.93. The first-order valence-corrected chi connectivity index (χ1v) is 11.6. The van der Waals surface area contributed by atoms with E-state index in [1.54, 1.807) is 36.5 Å². The molecular weight excluding hydrogens is 466 g/mol. The molecule has 0 saturated heterocycles. The van der Waals surface area contributed by atoms with E-state index in [-0.39, 0.29) is 5.56 Å². The van der Waals surface area contributed by atoms with Gasteiger partial charge in [0.25, 0.3) is 0 Å². The summed E-state index contributed by atoms with van der Waals surface area (Å²) < 4.78 is 16.5. The molecule has 3 N–H and O–H groups in total. The minimum absolute atomic E-state index is 0.179. The van der Waals surface area contributed by atoms with E-state index in [4.69, 9.17) is 19.0 Å². The number of carbonyl (C=O) groups excluding carboxylic acids is 2. The molecule has 0 spiro atoms. The zero-order valence-electron chi connectivity index (χ0n) is 19.8. The van der Waals surface area contributed by atoms with Crippen molar-refractivity contribution in [2.75, 3.05) is 19.0 Å². The van der Waals surface area contributed by atoms with Gasteiger partial charge in [-0.2, -0.15) is 0 Å². The van der Waals surface area contributed by atoms with Gasteiger partial charge < -0.3 is 29.6 Å². The van der Waals surface area contributed by atoms with E-state index >= 15 is 0 Å². The SMILES string of the molecule is COc1cc(NC(=O)C(=O)NC2(CCOc3ccc(C(=O)O)cc3)CCCC2)ccc1-c1cnco1. The summed E-state index contributed by atoms with van der Waals surface area (Å²) in [6.45, 7) is 0.314. The molecule has 0 atom stereocenters. The highest BCUT2D eigenvalue weighted by Crippen LogP contribution is 2.34. The average Bonchev–Trinajstić information content (AvgIpc) is 3.57. The van der Waals surface area contributed by atoms with Crippen LogP contribution < -0.4 is 20.1 Å². The van der Waals surface area contributed by atoms with Gasteiger partial charge in [-0.25, -0.2) is 9.78 Å². The summed E-state index contributed by atoms with van der Waals surface area (Å²) in [5, 5.41) is 14.5. The molecule has 10 heteroatoms. The highest BCUT2D eigenvalue weighted by Gasteiger charge is 2.36. The first kappa shape index (κ1) is 24.8. The molecule has 36 heavy (non-hydrogen) atoms. The van der Waals surface area contributed by atoms with Crippen molar-refractivity contribution in [3.8, 4) is 22.8 Å². The Morgan fingerprint density at radius 2 is 1.83 bits per heavy atom. The molecule has 0 bridgehead atoms. The van der Waals surface area contributed by atoms with Crippen LogP contribution in [-0.2, 0) is 9.59 Å². The third-order valence-corrected chi connectivity index (χ3v) is 6.25. The Balaban J connectivity index is 1.35. The van der Waals surface area contributed by atoms with Gasteiger partial charge in [-0.05, 0) is 49.2 Å². The third-order valence-electron chi connectivity index (χ3n) is 6.25. The number of rotatable bonds is 9. The molecule has 1 aromatic heterocycles. The van der Waals surface area contributed by atoms with Crippen molar-refractivity contribution in [2.24, 2.45) is 0 Å². The molecule has 1 heterocycles. The number of methoxy groups -OCH3 is 1. The van der Waals surface area contributed by atoms with E-state index in [1.165, 1.54) is 25.6 Å². The van der Waals surface area contributed by atoms with Gasteiger partial charge in [-0.1, -0.05) is 12.8 Å². The summed E-state index contributed by atoms with van der Waals surface area (Å²) in [4.78, 5) is 40.3. The number of nitrogens with zero attached hydrogens (tertiary/aromatic N) is 1. The number of amides is 2. The van der Waals surface area contributed by atoms with Gasteiger partial charge in [0.2, 0.25) is 0 Å². The maximum atomic E-state index is 12.8. The van der Waals surface area contributed by atoms with Crippen LogP contribution >= 0.6 is 0 Å². The summed E-state index contributed by atoms with van der Waals surface area (Å²) in [5.74, 6) is -0.977. The van der Waals surface area contributed by atoms with Gasteiger partial charge in [-0.3, -0.25) is 9.59 Å². The van der Waals surface area contributed by atoms with Gasteiger partial charge in [0, 0.05) is 23.7 Å². The second-order valence-corrected chi connectivity index (χ2v) is 8.60. The smallest absolute Gasteiger partial charge is 0.335 e. The standard InChI is InChI=1S/C26H27N3O7/c1-34-21-14-18(6-9-20(21)22-15-27-16-36-22)28-23(30)24(31)29-26(10-2-3-11-26)12-13-35-19-7-4-17(5-8-19)25(32)33/h4-9,14-16H,2-3,10-13H2,1H3,(H,28,30)(H,29,31)(H,32,33). The largest absolute Gasteiger partial charge is 0.496 e. The van der Waals surface area contributed by atoms with Gasteiger partial charge in [0.15, 0.2) is 12.2 Å². The molecule has 3 aromatic rings. The number of benzene rings is 2. The van der Waals surface area contributed by atoms with Crippen LogP contribution in [0.5, 0.6) is 11.5 Å². The Morgan fingerprint density at radius 3 is 2.47 bits per heavy atom. The van der Waals surface area contributed by atoms with E-state index in [9.17, 15) is 14.4 Å². The Morgan fingerprint density at radius 1 is 1.08 bits per heavy atom. The number of aromatic carboxylic acids is 1. The van der Waals surface area contributed by atoms with Crippen molar-refractivity contribution in [1.82, 2.24) is 10.3 Å². The molecule has 1 fully saturated rings. The maximum absolute atomic E-state index is 12.8. The third kappa shape index (κ3) is 5.83. The van der Waals surface area contributed by atoms with E-state index in [0.717, 1.165) is 25.7 Å². The fourth-order valence-corrected chi connectivity index (χ4v) is 4.35. The van der Waals surface area contributed by atoms with Crippen molar-refractivity contribution in [3.63, 3.8) is 0 Å². The summed E-state index contributed by atoms with van der Waals surface area (Å²) in [5.41, 5.74) is 0.713. The molecule has 1 aliphatic rings. The van der Waals surface area contributed by atoms with Crippen LogP contribution in [0, 0.1) is 0 Å². The minimum atomic E-state index is -1.00. The molecule has 4 rings (SSSR count). The van der Waals surface area contributed by atoms with Crippen LogP contribution in [-0.4, -0.2) is 47.1 Å². The van der Waals surface area contributed by atoms with Crippen LogP contribution in [0.2, 0.25) is 0 Å². The zero-order valence-corrected chi connectivity index (χ0v) is 19.8. The summed E-state index contributed by atoms with van der Waals surface area (Å²) >= 11 is 0. The maximum Gasteiger partial charge on any atom is 0.335 e. The number of carboxylic acid groups (broad SMARTS) is 1. The van der Waals surface area contributed by atoms with E-state index in [1.807, 2.05) is 0 Å². The Bertz CT molecular complexity index is 1220. The topological polar surface area (TPSA) is 140 Å². The highest BCUT2D eigenvalue weighted by atomic mass is 16.5. The number of anilines is 1. The van der Waals surface area contributed by atoms with Gasteiger partial charge >= 0.3 is 17.8 Å². The number of aromatic nitrogens is 1. The number of nitrogens with one attached hydrogen (secondary N) is 2. The molecule has 1 saturated carbocycles. The zero-order chi connectivity index (χ0) is 25.5. The number of ether oxygens (including phenoxy) is 2. The van der Waals surface area contributed by atoms with Gasteiger partial charge in [-0.15, -0.1) is 0 Å². The van der Waals surface area contributed by atoms with Gasteiger partial charge in [0.1, 0.15) is 11.5 Å². The molecule has 2 amide bonds. The number of oxazole rings is 1. The Labute approximate surface area is 207 Å². The second-order valence-electron chi connectivity index (χ2n) is 8.60. The summed E-state index contributed by atoms with van der Waals surface area (Å²) in [7, 11) is 1.50. The molecule has 1 aliphatic carbocycles. The Hall–Kier alpha value is -4.34. The first-order valence-electron chi connectivity index (χ1n) is 11.6. The van der Waals surface area contributed by atoms with Crippen molar-refractivity contribution in [3.05, 3.63) is 60.6 Å². The second kappa shape index (κ2) is 10.9. The quantitative estimate of drug-likeness (QED) is 0.382. The van der Waals surface area contributed by atoms with Crippen LogP contribution in [0.4, 0.5) is 5.69 Å². The summed E-state index contributed by atoms with van der Waals surface area (Å²) in [6, 6.07) is 11.1. The van der Waals surface area contributed by atoms with Crippen molar-refractivity contribution < 1.29 is 33.4 Å². The minimum Gasteiger partial charge on any atom is -0.496 e. The number of hydrogen-bond donors (Lipinski definition) is 3. The lowest BCUT2D eigenvalue weighted by molar-refractivity contribution is -0.137. The van der Waals surface area contributed by atoms with Crippen molar-refractivity contribution >= 4 is 23.5 Å².